The van der Waals surface area contributed by atoms with E-state index in [9.17, 15) is 9.59 Å². The van der Waals surface area contributed by atoms with Crippen molar-refractivity contribution in [1.29, 1.82) is 0 Å². The molecule has 0 aliphatic carbocycles. The molecule has 132 valence electrons. The van der Waals surface area contributed by atoms with Crippen LogP contribution in [0.5, 0.6) is 0 Å². The van der Waals surface area contributed by atoms with Crippen molar-refractivity contribution in [3.8, 4) is 0 Å². The first-order valence-corrected chi connectivity index (χ1v) is 8.26. The number of hydrogen-bond acceptors (Lipinski definition) is 4. The normalized spacial score (nSPS) is 20.7. The van der Waals surface area contributed by atoms with E-state index in [1.807, 2.05) is 32.0 Å². The topological polar surface area (TPSA) is 88.2 Å². The average Bonchev–Trinajstić information content (AvgIpc) is 3.29. The number of amides is 1. The third-order valence-electron chi connectivity index (χ3n) is 3.63. The molecule has 2 rings (SSSR count). The lowest BCUT2D eigenvalue weighted by Gasteiger charge is -2.20. The van der Waals surface area contributed by atoms with Gasteiger partial charge in [-0.05, 0) is 24.0 Å². The molecule has 1 aromatic carbocycles. The third-order valence-corrected chi connectivity index (χ3v) is 4.00. The Balaban J connectivity index is 1.83. The maximum Gasteiger partial charge on any atom is 0.336 e. The summed E-state index contributed by atoms with van der Waals surface area (Å²) in [5, 5.41) is 12.3. The molecule has 1 fully saturated rings. The zero-order valence-electron chi connectivity index (χ0n) is 13.7. The molecule has 1 unspecified atom stereocenters. The maximum atomic E-state index is 12.0. The Kier molecular flexibility index (Phi) is 6.60. The first-order chi connectivity index (χ1) is 11.4. The third kappa shape index (κ3) is 5.47. The summed E-state index contributed by atoms with van der Waals surface area (Å²) in [5.74, 6) is -1.17. The van der Waals surface area contributed by atoms with Gasteiger partial charge in [-0.1, -0.05) is 43.6 Å². The number of ether oxygens (including phenoxy) is 2. The van der Waals surface area contributed by atoms with Gasteiger partial charge < -0.3 is 19.9 Å². The van der Waals surface area contributed by atoms with Crippen molar-refractivity contribution in [2.75, 3.05) is 6.61 Å². The van der Waals surface area contributed by atoms with Gasteiger partial charge in [-0.2, -0.15) is 0 Å². The van der Waals surface area contributed by atoms with Crippen molar-refractivity contribution in [1.82, 2.24) is 5.32 Å². The lowest BCUT2D eigenvalue weighted by Crippen LogP contribution is -2.42. The van der Waals surface area contributed by atoms with Crippen molar-refractivity contribution in [3.63, 3.8) is 0 Å². The Labute approximate surface area is 146 Å². The van der Waals surface area contributed by atoms with E-state index in [-0.39, 0.29) is 6.04 Å². The van der Waals surface area contributed by atoms with Gasteiger partial charge in [0.2, 0.25) is 0 Å². The number of carboxylic acids is 1. The monoisotopic (exact) mass is 355 g/mol. The van der Waals surface area contributed by atoms with Crippen LogP contribution < -0.4 is 5.32 Å². The summed E-state index contributed by atoms with van der Waals surface area (Å²) < 4.78 is 10.5. The van der Waals surface area contributed by atoms with E-state index in [4.69, 9.17) is 26.2 Å². The number of aliphatic carboxylic acids is 1. The van der Waals surface area contributed by atoms with Crippen LogP contribution in [0.25, 0.3) is 0 Å². The summed E-state index contributed by atoms with van der Waals surface area (Å²) in [4.78, 5) is 22.8. The molecule has 1 aliphatic heterocycles. The zero-order valence-corrected chi connectivity index (χ0v) is 14.5. The Morgan fingerprint density at radius 3 is 2.62 bits per heavy atom. The van der Waals surface area contributed by atoms with Crippen molar-refractivity contribution >= 4 is 23.5 Å². The van der Waals surface area contributed by atoms with E-state index in [1.54, 1.807) is 6.07 Å². The second kappa shape index (κ2) is 8.46. The highest BCUT2D eigenvalue weighted by molar-refractivity contribution is 6.31. The quantitative estimate of drug-likeness (QED) is 0.663. The van der Waals surface area contributed by atoms with E-state index < -0.39 is 24.1 Å². The van der Waals surface area contributed by atoms with Gasteiger partial charge in [0, 0.05) is 5.02 Å². The van der Waals surface area contributed by atoms with Crippen LogP contribution in [0.15, 0.2) is 24.3 Å². The molecule has 0 radical (unpaired) electrons. The van der Waals surface area contributed by atoms with Crippen LogP contribution in [0, 0.1) is 5.92 Å². The molecule has 0 saturated carbocycles. The number of carbonyl (C=O) groups is 2. The smallest absolute Gasteiger partial charge is 0.336 e. The first-order valence-electron chi connectivity index (χ1n) is 7.88. The zero-order chi connectivity index (χ0) is 17.7. The fourth-order valence-electron chi connectivity index (χ4n) is 2.45. The van der Waals surface area contributed by atoms with Crippen LogP contribution in [-0.4, -0.2) is 41.8 Å². The number of carbonyl (C=O) groups excluding carboxylic acids is 1. The number of hydrogen-bond donors (Lipinski definition) is 2. The molecule has 0 spiro atoms. The number of halogens is 1. The van der Waals surface area contributed by atoms with Crippen LogP contribution in [0.1, 0.15) is 25.8 Å². The number of nitrogens with one attached hydrogen (secondary N) is 1. The lowest BCUT2D eigenvalue weighted by atomic mass is 10.0. The highest BCUT2D eigenvalue weighted by Crippen LogP contribution is 2.23. The maximum absolute atomic E-state index is 12.0. The molecule has 7 heteroatoms. The van der Waals surface area contributed by atoms with Gasteiger partial charge in [0.1, 0.15) is 0 Å². The average molecular weight is 356 g/mol. The summed E-state index contributed by atoms with van der Waals surface area (Å²) in [6.45, 7) is 4.75. The van der Waals surface area contributed by atoms with E-state index >= 15 is 0 Å². The molecule has 1 heterocycles. The Hall–Kier alpha value is -1.63. The van der Waals surface area contributed by atoms with Crippen molar-refractivity contribution in [2.24, 2.45) is 5.92 Å². The van der Waals surface area contributed by atoms with E-state index in [0.717, 1.165) is 12.0 Å². The Morgan fingerprint density at radius 1 is 1.33 bits per heavy atom. The lowest BCUT2D eigenvalue weighted by molar-refractivity contribution is -0.138. The minimum atomic E-state index is -1.12. The van der Waals surface area contributed by atoms with Gasteiger partial charge in [-0.25, -0.2) is 4.79 Å². The number of benzene rings is 1. The van der Waals surface area contributed by atoms with Crippen LogP contribution in [0.4, 0.5) is 0 Å². The highest BCUT2D eigenvalue weighted by atomic mass is 35.5. The van der Waals surface area contributed by atoms with Crippen molar-refractivity contribution in [3.05, 3.63) is 34.9 Å². The fraction of sp³-hybridized carbons (Fsp3) is 0.529. The van der Waals surface area contributed by atoms with Gasteiger partial charge in [0.15, 0.2) is 12.2 Å². The van der Waals surface area contributed by atoms with Crippen LogP contribution in [0.2, 0.25) is 5.02 Å². The number of rotatable bonds is 9. The standard InChI is InChI=1S/C17H22ClNO5/c1-10(2)7-12(19-16(20)14-15(24-14)17(21)22)9-23-8-11-5-3-4-6-13(11)18/h3-6,10,12,14-15H,7-9H2,1-2H3,(H,19,20)(H,21,22)/t12?,14-,15-/m0/s1. The number of carboxylic acid groups (broad SMARTS) is 1. The largest absolute Gasteiger partial charge is 0.479 e. The molecule has 3 atom stereocenters. The van der Waals surface area contributed by atoms with Crippen molar-refractivity contribution in [2.45, 2.75) is 45.1 Å². The molecule has 1 aromatic rings. The number of epoxide rings is 1. The second-order valence-electron chi connectivity index (χ2n) is 6.26. The molecular weight excluding hydrogens is 334 g/mol. The summed E-state index contributed by atoms with van der Waals surface area (Å²) in [6, 6.07) is 7.20. The molecule has 1 amide bonds. The molecular formula is C17H22ClNO5. The predicted octanol–water partition coefficient (Wildman–Crippen LogP) is 2.24. The summed E-state index contributed by atoms with van der Waals surface area (Å²) >= 11 is 6.08. The van der Waals surface area contributed by atoms with Crippen LogP contribution in [-0.2, 0) is 25.7 Å². The molecule has 2 N–H and O–H groups in total. The Morgan fingerprint density at radius 2 is 2.04 bits per heavy atom. The molecule has 0 aromatic heterocycles. The molecule has 24 heavy (non-hydrogen) atoms. The van der Waals surface area contributed by atoms with Crippen LogP contribution >= 0.6 is 11.6 Å². The predicted molar refractivity (Wildman–Crippen MR) is 88.8 cm³/mol. The SMILES string of the molecule is CC(C)CC(COCc1ccccc1Cl)NC(=O)[C@H]1O[C@@H]1C(=O)O. The van der Waals surface area contributed by atoms with Gasteiger partial charge in [-0.3, -0.25) is 4.79 Å². The Bertz CT molecular complexity index is 592. The van der Waals surface area contributed by atoms with Gasteiger partial charge in [0.05, 0.1) is 19.3 Å². The van der Waals surface area contributed by atoms with Gasteiger partial charge >= 0.3 is 5.97 Å². The van der Waals surface area contributed by atoms with E-state index in [0.29, 0.717) is 24.2 Å². The molecule has 1 aliphatic rings. The fourth-order valence-corrected chi connectivity index (χ4v) is 2.64. The summed E-state index contributed by atoms with van der Waals surface area (Å²) in [6.07, 6.45) is -1.21. The van der Waals surface area contributed by atoms with Crippen molar-refractivity contribution < 1.29 is 24.2 Å². The second-order valence-corrected chi connectivity index (χ2v) is 6.66. The first kappa shape index (κ1) is 18.7. The molecule has 6 nitrogen and oxygen atoms in total. The highest BCUT2D eigenvalue weighted by Gasteiger charge is 2.51. The minimum absolute atomic E-state index is 0.210. The van der Waals surface area contributed by atoms with Gasteiger partial charge in [-0.15, -0.1) is 0 Å². The summed E-state index contributed by atoms with van der Waals surface area (Å²) in [5.41, 5.74) is 0.880. The van der Waals surface area contributed by atoms with Crippen LogP contribution in [0.3, 0.4) is 0 Å². The summed E-state index contributed by atoms with van der Waals surface area (Å²) in [7, 11) is 0. The minimum Gasteiger partial charge on any atom is -0.479 e. The molecule has 0 bridgehead atoms. The van der Waals surface area contributed by atoms with Gasteiger partial charge in [0.25, 0.3) is 5.91 Å². The molecule has 1 saturated heterocycles. The van der Waals surface area contributed by atoms with E-state index in [2.05, 4.69) is 5.32 Å². The van der Waals surface area contributed by atoms with E-state index in [1.165, 1.54) is 0 Å².